The van der Waals surface area contributed by atoms with Crippen molar-refractivity contribution >= 4 is 18.0 Å². The van der Waals surface area contributed by atoms with Crippen LogP contribution < -0.4 is 10.6 Å². The highest BCUT2D eigenvalue weighted by Crippen LogP contribution is 2.44. The molecule has 0 saturated carbocycles. The Morgan fingerprint density at radius 1 is 0.970 bits per heavy atom. The summed E-state index contributed by atoms with van der Waals surface area (Å²) >= 11 is 0. The topological polar surface area (TPSA) is 105 Å². The maximum Gasteiger partial charge on any atom is 0.407 e. The number of rotatable bonds is 10. The van der Waals surface area contributed by atoms with Crippen LogP contribution in [0.3, 0.4) is 0 Å². The molecule has 0 heterocycles. The maximum atomic E-state index is 12.6. The van der Waals surface area contributed by atoms with Crippen molar-refractivity contribution in [2.24, 2.45) is 11.8 Å². The van der Waals surface area contributed by atoms with Crippen LogP contribution in [0.25, 0.3) is 11.1 Å². The Morgan fingerprint density at radius 2 is 1.55 bits per heavy atom. The van der Waals surface area contributed by atoms with Crippen LogP contribution >= 0.6 is 0 Å². The number of carboxylic acids is 1. The number of aliphatic carboxylic acids is 1. The van der Waals surface area contributed by atoms with E-state index in [9.17, 15) is 19.5 Å². The highest BCUT2D eigenvalue weighted by molar-refractivity contribution is 5.85. The molecule has 0 aliphatic heterocycles. The number of carbonyl (C=O) groups excluding carboxylic acids is 2. The van der Waals surface area contributed by atoms with Gasteiger partial charge in [-0.3, -0.25) is 4.79 Å². The number of fused-ring (bicyclic) bond motifs is 3. The van der Waals surface area contributed by atoms with Gasteiger partial charge in [-0.05, 0) is 34.6 Å². The molecule has 3 unspecified atom stereocenters. The lowest BCUT2D eigenvalue weighted by Gasteiger charge is -2.23. The third-order valence-corrected chi connectivity index (χ3v) is 6.48. The Labute approximate surface area is 194 Å². The van der Waals surface area contributed by atoms with Gasteiger partial charge in [0, 0.05) is 12.5 Å². The Morgan fingerprint density at radius 3 is 2.06 bits per heavy atom. The molecule has 0 saturated heterocycles. The molecule has 3 atom stereocenters. The van der Waals surface area contributed by atoms with Gasteiger partial charge >= 0.3 is 12.1 Å². The number of ether oxygens (including phenoxy) is 1. The van der Waals surface area contributed by atoms with E-state index in [0.717, 1.165) is 22.3 Å². The van der Waals surface area contributed by atoms with Gasteiger partial charge < -0.3 is 20.5 Å². The van der Waals surface area contributed by atoms with Crippen molar-refractivity contribution in [3.05, 3.63) is 59.7 Å². The third kappa shape index (κ3) is 5.53. The minimum absolute atomic E-state index is 0.0414. The van der Waals surface area contributed by atoms with Crippen LogP contribution in [0.2, 0.25) is 0 Å². The fourth-order valence-corrected chi connectivity index (χ4v) is 4.23. The van der Waals surface area contributed by atoms with E-state index in [1.165, 1.54) is 0 Å². The molecule has 0 radical (unpaired) electrons. The normalized spacial score (nSPS) is 15.0. The van der Waals surface area contributed by atoms with Crippen LogP contribution in [0, 0.1) is 11.8 Å². The fraction of sp³-hybridized carbons (Fsp3) is 0.423. The smallest absolute Gasteiger partial charge is 0.407 e. The number of hydrogen-bond donors (Lipinski definition) is 3. The molecular weight excluding hydrogens is 420 g/mol. The number of nitrogens with one attached hydrogen (secondary N) is 2. The summed E-state index contributed by atoms with van der Waals surface area (Å²) in [6.45, 7) is 5.75. The lowest BCUT2D eigenvalue weighted by Crippen LogP contribution is -2.49. The number of hydrogen-bond acceptors (Lipinski definition) is 4. The van der Waals surface area contributed by atoms with Gasteiger partial charge in [-0.1, -0.05) is 75.7 Å². The van der Waals surface area contributed by atoms with E-state index in [1.807, 2.05) is 38.1 Å². The first-order valence-electron chi connectivity index (χ1n) is 11.5. The standard InChI is InChI=1S/C26H32N2O5/c1-4-16(3)23(25(30)31)28-24(29)17(5-2)14-27-26(32)33-15-22-20-12-8-6-10-18(20)19-11-7-9-13-21(19)22/h6-13,16-17,22-23H,4-5,14-15H2,1-3H3,(H,27,32)(H,28,29)(H,30,31). The molecule has 2 aromatic carbocycles. The Hall–Kier alpha value is -3.35. The van der Waals surface area contributed by atoms with Crippen LogP contribution in [-0.4, -0.2) is 42.3 Å². The van der Waals surface area contributed by atoms with Crippen molar-refractivity contribution in [2.75, 3.05) is 13.2 Å². The van der Waals surface area contributed by atoms with Crippen molar-refractivity contribution in [2.45, 2.75) is 45.6 Å². The molecule has 0 bridgehead atoms. The van der Waals surface area contributed by atoms with E-state index < -0.39 is 24.0 Å². The van der Waals surface area contributed by atoms with Gasteiger partial charge in [-0.15, -0.1) is 0 Å². The largest absolute Gasteiger partial charge is 0.480 e. The predicted octanol–water partition coefficient (Wildman–Crippen LogP) is 4.17. The summed E-state index contributed by atoms with van der Waals surface area (Å²) in [5, 5.41) is 14.7. The molecule has 3 N–H and O–H groups in total. The molecule has 0 spiro atoms. The Bertz CT molecular complexity index is 960. The summed E-state index contributed by atoms with van der Waals surface area (Å²) in [4.78, 5) is 36.5. The summed E-state index contributed by atoms with van der Waals surface area (Å²) in [5.41, 5.74) is 4.56. The Balaban J connectivity index is 1.56. The molecule has 7 nitrogen and oxygen atoms in total. The first kappa shape index (κ1) is 24.3. The van der Waals surface area contributed by atoms with E-state index in [-0.39, 0.29) is 30.9 Å². The van der Waals surface area contributed by atoms with Crippen LogP contribution in [0.15, 0.2) is 48.5 Å². The molecule has 2 amide bonds. The van der Waals surface area contributed by atoms with E-state index in [4.69, 9.17) is 4.74 Å². The fourth-order valence-electron chi connectivity index (χ4n) is 4.23. The zero-order chi connectivity index (χ0) is 24.0. The highest BCUT2D eigenvalue weighted by atomic mass is 16.5. The summed E-state index contributed by atoms with van der Waals surface area (Å²) in [6.07, 6.45) is 0.494. The van der Waals surface area contributed by atoms with Crippen LogP contribution in [0.5, 0.6) is 0 Å². The lowest BCUT2D eigenvalue weighted by molar-refractivity contribution is -0.144. The first-order valence-corrected chi connectivity index (χ1v) is 11.5. The average molecular weight is 453 g/mol. The number of amides is 2. The zero-order valence-electron chi connectivity index (χ0n) is 19.3. The lowest BCUT2D eigenvalue weighted by atomic mass is 9.97. The predicted molar refractivity (Wildman–Crippen MR) is 126 cm³/mol. The second kappa shape index (κ2) is 11.0. The first-order chi connectivity index (χ1) is 15.9. The SMILES string of the molecule is CCC(CNC(=O)OCC1c2ccccc2-c2ccccc21)C(=O)NC(C(=O)O)C(C)CC. The van der Waals surface area contributed by atoms with Gasteiger partial charge in [0.25, 0.3) is 0 Å². The Kier molecular flexibility index (Phi) is 8.09. The maximum absolute atomic E-state index is 12.6. The molecule has 176 valence electrons. The number of alkyl carbamates (subject to hydrolysis) is 1. The average Bonchev–Trinajstić information content (AvgIpc) is 3.14. The minimum atomic E-state index is -1.06. The van der Waals surface area contributed by atoms with Crippen molar-refractivity contribution in [3.63, 3.8) is 0 Å². The molecular formula is C26H32N2O5. The van der Waals surface area contributed by atoms with Crippen LogP contribution in [0.4, 0.5) is 4.79 Å². The molecule has 33 heavy (non-hydrogen) atoms. The van der Waals surface area contributed by atoms with E-state index in [0.29, 0.717) is 12.8 Å². The third-order valence-electron chi connectivity index (χ3n) is 6.48. The van der Waals surface area contributed by atoms with Gasteiger partial charge in [0.05, 0.1) is 5.92 Å². The highest BCUT2D eigenvalue weighted by Gasteiger charge is 2.30. The van der Waals surface area contributed by atoms with Gasteiger partial charge in [0.1, 0.15) is 12.6 Å². The van der Waals surface area contributed by atoms with Crippen molar-refractivity contribution in [1.29, 1.82) is 0 Å². The van der Waals surface area contributed by atoms with Crippen molar-refractivity contribution in [3.8, 4) is 11.1 Å². The molecule has 7 heteroatoms. The summed E-state index contributed by atoms with van der Waals surface area (Å²) in [7, 11) is 0. The zero-order valence-corrected chi connectivity index (χ0v) is 19.3. The molecule has 1 aliphatic rings. The van der Waals surface area contributed by atoms with Gasteiger partial charge in [0.15, 0.2) is 0 Å². The van der Waals surface area contributed by atoms with Gasteiger partial charge in [0.2, 0.25) is 5.91 Å². The van der Waals surface area contributed by atoms with E-state index in [1.54, 1.807) is 6.92 Å². The minimum Gasteiger partial charge on any atom is -0.480 e. The van der Waals surface area contributed by atoms with Gasteiger partial charge in [-0.2, -0.15) is 0 Å². The van der Waals surface area contributed by atoms with Crippen LogP contribution in [0.1, 0.15) is 50.7 Å². The molecule has 1 aliphatic carbocycles. The number of carbonyl (C=O) groups is 3. The number of benzene rings is 2. The summed E-state index contributed by atoms with van der Waals surface area (Å²) < 4.78 is 5.51. The van der Waals surface area contributed by atoms with Crippen molar-refractivity contribution in [1.82, 2.24) is 10.6 Å². The van der Waals surface area contributed by atoms with Crippen molar-refractivity contribution < 1.29 is 24.2 Å². The molecule has 0 aromatic heterocycles. The summed E-state index contributed by atoms with van der Waals surface area (Å²) in [6, 6.07) is 15.2. The molecule has 3 rings (SSSR count). The monoisotopic (exact) mass is 452 g/mol. The molecule has 0 fully saturated rings. The second-order valence-corrected chi connectivity index (χ2v) is 8.52. The molecule has 2 aromatic rings. The van der Waals surface area contributed by atoms with Gasteiger partial charge in [-0.25, -0.2) is 9.59 Å². The quantitative estimate of drug-likeness (QED) is 0.502. The summed E-state index contributed by atoms with van der Waals surface area (Å²) in [5.74, 6) is -2.23. The second-order valence-electron chi connectivity index (χ2n) is 8.52. The van der Waals surface area contributed by atoms with E-state index in [2.05, 4.69) is 34.9 Å². The van der Waals surface area contributed by atoms with Crippen LogP contribution in [-0.2, 0) is 14.3 Å². The van der Waals surface area contributed by atoms with E-state index >= 15 is 0 Å². The number of carboxylic acid groups (broad SMARTS) is 1.